The maximum absolute atomic E-state index is 14.4. The van der Waals surface area contributed by atoms with Crippen LogP contribution in [0.4, 0.5) is 4.39 Å². The fourth-order valence-electron chi connectivity index (χ4n) is 3.69. The SMILES string of the molecule is Cc1ccc(CO[C@@H]2C[C@@H]3[C@H]([C@]2(N)C(=O)O)[C@@]3(F)C(=O)O)cc1. The lowest BCUT2D eigenvalue weighted by Crippen LogP contribution is -2.60. The normalized spacial score (nSPS) is 38.1. The van der Waals surface area contributed by atoms with E-state index in [0.717, 1.165) is 11.1 Å². The van der Waals surface area contributed by atoms with Gasteiger partial charge in [-0.25, -0.2) is 9.18 Å². The average molecular weight is 323 g/mol. The predicted molar refractivity (Wildman–Crippen MR) is 77.4 cm³/mol. The van der Waals surface area contributed by atoms with Gasteiger partial charge in [-0.15, -0.1) is 0 Å². The molecule has 2 fully saturated rings. The quantitative estimate of drug-likeness (QED) is 0.748. The summed E-state index contributed by atoms with van der Waals surface area (Å²) in [7, 11) is 0. The molecule has 124 valence electrons. The largest absolute Gasteiger partial charge is 0.480 e. The van der Waals surface area contributed by atoms with Crippen molar-refractivity contribution in [2.24, 2.45) is 17.6 Å². The lowest BCUT2D eigenvalue weighted by Gasteiger charge is -2.31. The van der Waals surface area contributed by atoms with Crippen LogP contribution in [0.2, 0.25) is 0 Å². The van der Waals surface area contributed by atoms with Crippen molar-refractivity contribution in [3.8, 4) is 0 Å². The average Bonchev–Trinajstić information content (AvgIpc) is 2.96. The molecule has 0 amide bonds. The van der Waals surface area contributed by atoms with Crippen LogP contribution < -0.4 is 5.73 Å². The molecule has 0 radical (unpaired) electrons. The number of carboxylic acid groups (broad SMARTS) is 2. The first-order valence-corrected chi connectivity index (χ1v) is 7.34. The van der Waals surface area contributed by atoms with Gasteiger partial charge in [-0.05, 0) is 18.9 Å². The van der Waals surface area contributed by atoms with Crippen molar-refractivity contribution in [3.63, 3.8) is 0 Å². The number of hydrogen-bond donors (Lipinski definition) is 3. The summed E-state index contributed by atoms with van der Waals surface area (Å²) in [6.07, 6.45) is -0.929. The zero-order chi connectivity index (χ0) is 17.0. The number of aryl methyl sites for hydroxylation is 1. The standard InChI is InChI=1S/C16H18FNO5/c1-8-2-4-9(5-3-8)7-23-11-6-10-12(15(10,17)13(19)20)16(11,18)14(21)22/h2-5,10-12H,6-7,18H2,1H3,(H,19,20)(H,21,22)/t10-,11-,12+,15-,16+/m1/s1. The molecule has 23 heavy (non-hydrogen) atoms. The molecule has 0 aliphatic heterocycles. The number of nitrogens with two attached hydrogens (primary N) is 1. The van der Waals surface area contributed by atoms with Crippen molar-refractivity contribution in [1.82, 2.24) is 0 Å². The molecule has 1 aromatic carbocycles. The predicted octanol–water partition coefficient (Wildman–Crippen LogP) is 1.10. The lowest BCUT2D eigenvalue weighted by molar-refractivity contribution is -0.156. The number of aliphatic carboxylic acids is 2. The van der Waals surface area contributed by atoms with E-state index in [9.17, 15) is 19.1 Å². The number of halogens is 1. The van der Waals surface area contributed by atoms with Gasteiger partial charge in [-0.3, -0.25) is 4.79 Å². The summed E-state index contributed by atoms with van der Waals surface area (Å²) < 4.78 is 20.0. The van der Waals surface area contributed by atoms with E-state index in [1.807, 2.05) is 31.2 Å². The van der Waals surface area contributed by atoms with Gasteiger partial charge in [-0.2, -0.15) is 0 Å². The van der Waals surface area contributed by atoms with Crippen molar-refractivity contribution < 1.29 is 28.9 Å². The Balaban J connectivity index is 1.75. The number of alkyl halides is 1. The van der Waals surface area contributed by atoms with E-state index in [-0.39, 0.29) is 13.0 Å². The van der Waals surface area contributed by atoms with E-state index in [2.05, 4.69) is 0 Å². The summed E-state index contributed by atoms with van der Waals surface area (Å²) in [5.74, 6) is -5.25. The number of carboxylic acids is 2. The number of hydrogen-bond acceptors (Lipinski definition) is 4. The first-order chi connectivity index (χ1) is 10.7. The fourth-order valence-corrected chi connectivity index (χ4v) is 3.69. The zero-order valence-electron chi connectivity index (χ0n) is 12.5. The van der Waals surface area contributed by atoms with Crippen LogP contribution >= 0.6 is 0 Å². The second-order valence-electron chi connectivity index (χ2n) is 6.42. The molecule has 2 saturated carbocycles. The van der Waals surface area contributed by atoms with Gasteiger partial charge in [-0.1, -0.05) is 29.8 Å². The maximum Gasteiger partial charge on any atom is 0.342 e. The Morgan fingerprint density at radius 1 is 1.30 bits per heavy atom. The zero-order valence-corrected chi connectivity index (χ0v) is 12.5. The Kier molecular flexibility index (Phi) is 3.46. The minimum absolute atomic E-state index is 0.0118. The van der Waals surface area contributed by atoms with Gasteiger partial charge in [0.1, 0.15) is 5.54 Å². The van der Waals surface area contributed by atoms with Crippen LogP contribution in [0.25, 0.3) is 0 Å². The molecule has 5 atom stereocenters. The van der Waals surface area contributed by atoms with Crippen LogP contribution in [-0.4, -0.2) is 39.5 Å². The Hall–Kier alpha value is -1.99. The van der Waals surface area contributed by atoms with Crippen LogP contribution in [0.5, 0.6) is 0 Å². The lowest BCUT2D eigenvalue weighted by atomic mass is 9.88. The first kappa shape index (κ1) is 15.9. The number of fused-ring (bicyclic) bond motifs is 1. The topological polar surface area (TPSA) is 110 Å². The Labute approximate surface area is 132 Å². The highest BCUT2D eigenvalue weighted by atomic mass is 19.1. The molecule has 0 heterocycles. The number of ether oxygens (including phenoxy) is 1. The van der Waals surface area contributed by atoms with Gasteiger partial charge < -0.3 is 20.7 Å². The van der Waals surface area contributed by atoms with Crippen molar-refractivity contribution >= 4 is 11.9 Å². The van der Waals surface area contributed by atoms with E-state index >= 15 is 0 Å². The summed E-state index contributed by atoms with van der Waals surface area (Å²) >= 11 is 0. The molecular formula is C16H18FNO5. The Bertz CT molecular complexity index is 663. The van der Waals surface area contributed by atoms with Gasteiger partial charge >= 0.3 is 11.9 Å². The number of carbonyl (C=O) groups is 2. The highest BCUT2D eigenvalue weighted by Gasteiger charge is 2.85. The van der Waals surface area contributed by atoms with Crippen molar-refractivity contribution in [3.05, 3.63) is 35.4 Å². The van der Waals surface area contributed by atoms with Gasteiger partial charge in [0.05, 0.1) is 12.7 Å². The molecule has 6 nitrogen and oxygen atoms in total. The third-order valence-electron chi connectivity index (χ3n) is 5.07. The van der Waals surface area contributed by atoms with Crippen molar-refractivity contribution in [2.45, 2.75) is 37.3 Å². The van der Waals surface area contributed by atoms with Crippen LogP contribution in [0.1, 0.15) is 17.5 Å². The van der Waals surface area contributed by atoms with Crippen LogP contribution in [-0.2, 0) is 20.9 Å². The van der Waals surface area contributed by atoms with Crippen LogP contribution in [0, 0.1) is 18.8 Å². The van der Waals surface area contributed by atoms with E-state index in [0.29, 0.717) is 0 Å². The highest BCUT2D eigenvalue weighted by molar-refractivity contribution is 5.90. The molecule has 3 rings (SSSR count). The Morgan fingerprint density at radius 2 is 1.91 bits per heavy atom. The molecule has 1 aromatic rings. The monoisotopic (exact) mass is 323 g/mol. The molecule has 0 saturated heterocycles. The molecule has 0 unspecified atom stereocenters. The van der Waals surface area contributed by atoms with Crippen LogP contribution in [0.15, 0.2) is 24.3 Å². The third kappa shape index (κ3) is 2.14. The number of benzene rings is 1. The summed E-state index contributed by atoms with van der Waals surface area (Å²) in [6, 6.07) is 7.49. The second-order valence-corrected chi connectivity index (χ2v) is 6.42. The molecule has 2 aliphatic carbocycles. The van der Waals surface area contributed by atoms with E-state index in [4.69, 9.17) is 15.6 Å². The van der Waals surface area contributed by atoms with Crippen molar-refractivity contribution in [2.75, 3.05) is 0 Å². The molecular weight excluding hydrogens is 305 g/mol. The van der Waals surface area contributed by atoms with E-state index in [1.165, 1.54) is 0 Å². The summed E-state index contributed by atoms with van der Waals surface area (Å²) in [6.45, 7) is 2.08. The van der Waals surface area contributed by atoms with Gasteiger partial charge in [0.25, 0.3) is 0 Å². The smallest absolute Gasteiger partial charge is 0.342 e. The number of rotatable bonds is 5. The summed E-state index contributed by atoms with van der Waals surface area (Å²) in [4.78, 5) is 22.6. The van der Waals surface area contributed by atoms with E-state index in [1.54, 1.807) is 0 Å². The molecule has 0 bridgehead atoms. The highest BCUT2D eigenvalue weighted by Crippen LogP contribution is 2.67. The van der Waals surface area contributed by atoms with Crippen LogP contribution in [0.3, 0.4) is 0 Å². The molecule has 7 heteroatoms. The van der Waals surface area contributed by atoms with E-state index < -0.39 is 41.1 Å². The maximum atomic E-state index is 14.4. The minimum atomic E-state index is -2.56. The first-order valence-electron chi connectivity index (χ1n) is 7.34. The molecule has 0 aromatic heterocycles. The minimum Gasteiger partial charge on any atom is -0.480 e. The summed E-state index contributed by atoms with van der Waals surface area (Å²) in [5.41, 5.74) is 3.24. The third-order valence-corrected chi connectivity index (χ3v) is 5.07. The molecule has 2 aliphatic rings. The molecule has 0 spiro atoms. The fraction of sp³-hybridized carbons (Fsp3) is 0.500. The van der Waals surface area contributed by atoms with Gasteiger partial charge in [0.15, 0.2) is 0 Å². The van der Waals surface area contributed by atoms with Crippen molar-refractivity contribution in [1.29, 1.82) is 0 Å². The van der Waals surface area contributed by atoms with Gasteiger partial charge in [0, 0.05) is 11.8 Å². The summed E-state index contributed by atoms with van der Waals surface area (Å²) in [5, 5.41) is 18.4. The molecule has 4 N–H and O–H groups in total. The Morgan fingerprint density at radius 3 is 2.43 bits per heavy atom. The van der Waals surface area contributed by atoms with Gasteiger partial charge in [0.2, 0.25) is 5.67 Å². The second kappa shape index (κ2) is 5.01.